The zero-order valence-corrected chi connectivity index (χ0v) is 17.7. The number of rotatable bonds is 6. The molecule has 3 rings (SSSR count). The second-order valence-corrected chi connectivity index (χ2v) is 7.19. The molecule has 1 aromatic heterocycles. The maximum absolute atomic E-state index is 13.4. The third kappa shape index (κ3) is 4.39. The largest absolute Gasteiger partial charge is 0.462 e. The molecule has 5 nitrogen and oxygen atoms in total. The first-order valence-corrected chi connectivity index (χ1v) is 9.88. The van der Waals surface area contributed by atoms with Gasteiger partial charge in [-0.1, -0.05) is 41.9 Å². The van der Waals surface area contributed by atoms with Gasteiger partial charge in [-0.15, -0.1) is 0 Å². The molecular formula is C23H22ClFN2O3. The predicted molar refractivity (Wildman–Crippen MR) is 115 cm³/mol. The maximum Gasteiger partial charge on any atom is 0.340 e. The Kier molecular flexibility index (Phi) is 6.57. The van der Waals surface area contributed by atoms with Crippen LogP contribution in [0.5, 0.6) is 0 Å². The van der Waals surface area contributed by atoms with E-state index in [0.29, 0.717) is 16.9 Å². The molecule has 1 heterocycles. The van der Waals surface area contributed by atoms with E-state index in [1.807, 2.05) is 37.3 Å². The molecule has 0 aliphatic rings. The molecule has 0 unspecified atom stereocenters. The number of aromatic nitrogens is 1. The van der Waals surface area contributed by atoms with Gasteiger partial charge in [0.2, 0.25) is 5.91 Å². The summed E-state index contributed by atoms with van der Waals surface area (Å²) in [4.78, 5) is 25.3. The molecule has 0 spiro atoms. The highest BCUT2D eigenvalue weighted by Crippen LogP contribution is 2.32. The Labute approximate surface area is 179 Å². The highest BCUT2D eigenvalue weighted by Gasteiger charge is 2.25. The number of nitrogens with zero attached hydrogens (tertiary/aromatic N) is 1. The van der Waals surface area contributed by atoms with Crippen molar-refractivity contribution < 1.29 is 18.7 Å². The fraction of sp³-hybridized carbons (Fsp3) is 0.217. The van der Waals surface area contributed by atoms with Crippen LogP contribution in [0.2, 0.25) is 5.02 Å². The van der Waals surface area contributed by atoms with Gasteiger partial charge in [0.15, 0.2) is 0 Å². The van der Waals surface area contributed by atoms with Crippen LogP contribution in [0, 0.1) is 19.7 Å². The van der Waals surface area contributed by atoms with Crippen molar-refractivity contribution in [2.75, 3.05) is 11.9 Å². The summed E-state index contributed by atoms with van der Waals surface area (Å²) in [5.74, 6) is -1.31. The molecule has 1 amide bonds. The average Bonchev–Trinajstić information content (AvgIpc) is 2.95. The van der Waals surface area contributed by atoms with Crippen LogP contribution < -0.4 is 5.32 Å². The molecule has 156 valence electrons. The summed E-state index contributed by atoms with van der Waals surface area (Å²) >= 11 is 5.79. The lowest BCUT2D eigenvalue weighted by Gasteiger charge is -2.13. The Hall–Kier alpha value is -3.12. The fourth-order valence-electron chi connectivity index (χ4n) is 3.48. The molecule has 3 aromatic rings. The number of carbonyl (C=O) groups excluding carboxylic acids is 2. The van der Waals surface area contributed by atoms with Crippen LogP contribution in [0.3, 0.4) is 0 Å². The number of nitrogens with one attached hydrogen (secondary N) is 1. The summed E-state index contributed by atoms with van der Waals surface area (Å²) in [7, 11) is 0. The standard InChI is InChI=1S/C23H22ClFN2O3/c1-4-30-23(29)21-14(2)22(16-8-6-5-7-9-16)27(15(21)3)13-20(28)26-17-10-11-19(25)18(24)12-17/h5-12H,4,13H2,1-3H3,(H,26,28). The van der Waals surface area contributed by atoms with Gasteiger partial charge in [-0.05, 0) is 50.1 Å². The van der Waals surface area contributed by atoms with Crippen LogP contribution in [0.4, 0.5) is 10.1 Å². The minimum absolute atomic E-state index is 0.0364. The van der Waals surface area contributed by atoms with E-state index in [2.05, 4.69) is 5.32 Å². The van der Waals surface area contributed by atoms with E-state index >= 15 is 0 Å². The summed E-state index contributed by atoms with van der Waals surface area (Å²) in [6.45, 7) is 5.60. The Bertz CT molecular complexity index is 1090. The molecule has 0 fully saturated rings. The molecule has 0 radical (unpaired) electrons. The van der Waals surface area contributed by atoms with E-state index in [1.165, 1.54) is 18.2 Å². The number of anilines is 1. The molecule has 0 aliphatic carbocycles. The van der Waals surface area contributed by atoms with Crippen molar-refractivity contribution in [2.24, 2.45) is 0 Å². The summed E-state index contributed by atoms with van der Waals surface area (Å²) < 4.78 is 20.4. The van der Waals surface area contributed by atoms with Crippen molar-refractivity contribution in [3.63, 3.8) is 0 Å². The van der Waals surface area contributed by atoms with Gasteiger partial charge in [0.05, 0.1) is 22.9 Å². The van der Waals surface area contributed by atoms with Gasteiger partial charge in [0, 0.05) is 11.4 Å². The van der Waals surface area contributed by atoms with Crippen molar-refractivity contribution in [2.45, 2.75) is 27.3 Å². The minimum Gasteiger partial charge on any atom is -0.462 e. The summed E-state index contributed by atoms with van der Waals surface area (Å²) in [5.41, 5.74) is 3.87. The third-order valence-corrected chi connectivity index (χ3v) is 5.09. The zero-order valence-electron chi connectivity index (χ0n) is 17.0. The van der Waals surface area contributed by atoms with Crippen LogP contribution in [0.1, 0.15) is 28.5 Å². The molecule has 7 heteroatoms. The van der Waals surface area contributed by atoms with Crippen LogP contribution in [0.25, 0.3) is 11.3 Å². The number of hydrogen-bond acceptors (Lipinski definition) is 3. The molecule has 0 saturated heterocycles. The second kappa shape index (κ2) is 9.13. The number of halogens is 2. The Balaban J connectivity index is 1.99. The van der Waals surface area contributed by atoms with Crippen molar-refractivity contribution in [1.82, 2.24) is 4.57 Å². The fourth-order valence-corrected chi connectivity index (χ4v) is 3.66. The van der Waals surface area contributed by atoms with E-state index < -0.39 is 11.8 Å². The molecule has 0 aliphatic heterocycles. The molecule has 0 bridgehead atoms. The number of carbonyl (C=O) groups is 2. The average molecular weight is 429 g/mol. The van der Waals surface area contributed by atoms with Gasteiger partial charge < -0.3 is 14.6 Å². The van der Waals surface area contributed by atoms with Crippen molar-refractivity contribution >= 4 is 29.2 Å². The monoisotopic (exact) mass is 428 g/mol. The molecular weight excluding hydrogens is 407 g/mol. The van der Waals surface area contributed by atoms with E-state index in [9.17, 15) is 14.0 Å². The smallest absolute Gasteiger partial charge is 0.340 e. The summed E-state index contributed by atoms with van der Waals surface area (Å²) in [6, 6.07) is 13.5. The zero-order chi connectivity index (χ0) is 21.8. The van der Waals surface area contributed by atoms with Gasteiger partial charge in [-0.2, -0.15) is 0 Å². The topological polar surface area (TPSA) is 60.3 Å². The van der Waals surface area contributed by atoms with Crippen molar-refractivity contribution in [3.8, 4) is 11.3 Å². The molecule has 2 aromatic carbocycles. The Morgan fingerprint density at radius 2 is 1.83 bits per heavy atom. The lowest BCUT2D eigenvalue weighted by Crippen LogP contribution is -2.20. The maximum atomic E-state index is 13.4. The van der Waals surface area contributed by atoms with Crippen LogP contribution >= 0.6 is 11.6 Å². The lowest BCUT2D eigenvalue weighted by molar-refractivity contribution is -0.116. The number of amides is 1. The SMILES string of the molecule is CCOC(=O)c1c(C)c(-c2ccccc2)n(CC(=O)Nc2ccc(F)c(Cl)c2)c1C. The highest BCUT2D eigenvalue weighted by atomic mass is 35.5. The third-order valence-electron chi connectivity index (χ3n) is 4.80. The van der Waals surface area contributed by atoms with E-state index in [4.69, 9.17) is 16.3 Å². The molecule has 1 N–H and O–H groups in total. The number of benzene rings is 2. The highest BCUT2D eigenvalue weighted by molar-refractivity contribution is 6.31. The van der Waals surface area contributed by atoms with E-state index in [0.717, 1.165) is 16.8 Å². The van der Waals surface area contributed by atoms with Crippen LogP contribution in [0.15, 0.2) is 48.5 Å². The lowest BCUT2D eigenvalue weighted by atomic mass is 10.1. The van der Waals surface area contributed by atoms with Crippen LogP contribution in [-0.4, -0.2) is 23.1 Å². The van der Waals surface area contributed by atoms with Gasteiger partial charge in [0.25, 0.3) is 0 Å². The van der Waals surface area contributed by atoms with Crippen molar-refractivity contribution in [3.05, 3.63) is 76.2 Å². The van der Waals surface area contributed by atoms with Gasteiger partial charge >= 0.3 is 5.97 Å². The minimum atomic E-state index is -0.558. The summed E-state index contributed by atoms with van der Waals surface area (Å²) in [6.07, 6.45) is 0. The first-order chi connectivity index (χ1) is 14.3. The molecule has 0 atom stereocenters. The van der Waals surface area contributed by atoms with E-state index in [1.54, 1.807) is 18.4 Å². The second-order valence-electron chi connectivity index (χ2n) is 6.78. The van der Waals surface area contributed by atoms with E-state index in [-0.39, 0.29) is 24.1 Å². The number of esters is 1. The Morgan fingerprint density at radius 1 is 1.13 bits per heavy atom. The normalized spacial score (nSPS) is 10.7. The number of hydrogen-bond donors (Lipinski definition) is 1. The van der Waals surface area contributed by atoms with Gasteiger partial charge in [-0.25, -0.2) is 9.18 Å². The first kappa shape index (κ1) is 21.6. The van der Waals surface area contributed by atoms with Gasteiger partial charge in [0.1, 0.15) is 12.4 Å². The van der Waals surface area contributed by atoms with Gasteiger partial charge in [-0.3, -0.25) is 4.79 Å². The predicted octanol–water partition coefficient (Wildman–Crippen LogP) is 5.38. The Morgan fingerprint density at radius 3 is 2.47 bits per heavy atom. The number of ether oxygens (including phenoxy) is 1. The van der Waals surface area contributed by atoms with Crippen LogP contribution in [-0.2, 0) is 16.1 Å². The summed E-state index contributed by atoms with van der Waals surface area (Å²) in [5, 5.41) is 2.65. The molecule has 0 saturated carbocycles. The van der Waals surface area contributed by atoms with Crippen molar-refractivity contribution in [1.29, 1.82) is 0 Å². The molecule has 30 heavy (non-hydrogen) atoms. The first-order valence-electron chi connectivity index (χ1n) is 9.50. The quantitative estimate of drug-likeness (QED) is 0.536.